The van der Waals surface area contributed by atoms with E-state index in [1.807, 2.05) is 50.2 Å². The van der Waals surface area contributed by atoms with Crippen LogP contribution in [-0.4, -0.2) is 11.1 Å². The van der Waals surface area contributed by atoms with Gasteiger partial charge in [-0.05, 0) is 48.2 Å². The largest absolute Gasteiger partial charge is 0.488 e. The number of halogens is 1. The Balaban J connectivity index is 2.05. The van der Waals surface area contributed by atoms with E-state index in [0.717, 1.165) is 28.0 Å². The molecule has 0 radical (unpaired) electrons. The molecule has 2 aromatic carbocycles. The third kappa shape index (κ3) is 4.23. The second-order valence-electron chi connectivity index (χ2n) is 5.04. The number of ether oxygens (including phenoxy) is 1. The molecular formula is C17H17ClO3. The molecule has 2 rings (SSSR count). The van der Waals surface area contributed by atoms with Gasteiger partial charge in [0.15, 0.2) is 0 Å². The van der Waals surface area contributed by atoms with Crippen molar-refractivity contribution in [1.29, 1.82) is 0 Å². The van der Waals surface area contributed by atoms with Gasteiger partial charge in [-0.15, -0.1) is 0 Å². The summed E-state index contributed by atoms with van der Waals surface area (Å²) in [6.07, 6.45) is 0.0382. The summed E-state index contributed by atoms with van der Waals surface area (Å²) >= 11 is 5.99. The summed E-state index contributed by atoms with van der Waals surface area (Å²) in [5, 5.41) is 9.44. The van der Waals surface area contributed by atoms with E-state index >= 15 is 0 Å². The van der Waals surface area contributed by atoms with Crippen LogP contribution in [0.2, 0.25) is 5.02 Å². The Morgan fingerprint density at radius 3 is 2.14 bits per heavy atom. The number of aliphatic carboxylic acids is 1. The molecule has 0 fully saturated rings. The molecule has 0 saturated heterocycles. The molecule has 0 aliphatic heterocycles. The lowest BCUT2D eigenvalue weighted by molar-refractivity contribution is -0.136. The van der Waals surface area contributed by atoms with Gasteiger partial charge in [-0.3, -0.25) is 4.79 Å². The van der Waals surface area contributed by atoms with Gasteiger partial charge >= 0.3 is 5.97 Å². The van der Waals surface area contributed by atoms with Crippen LogP contribution in [0.15, 0.2) is 36.4 Å². The van der Waals surface area contributed by atoms with Crippen molar-refractivity contribution in [2.75, 3.05) is 0 Å². The first-order valence-electron chi connectivity index (χ1n) is 6.65. The molecule has 0 unspecified atom stereocenters. The van der Waals surface area contributed by atoms with Gasteiger partial charge in [-0.25, -0.2) is 0 Å². The zero-order valence-corrected chi connectivity index (χ0v) is 12.8. The van der Waals surface area contributed by atoms with E-state index in [1.165, 1.54) is 0 Å². The maximum Gasteiger partial charge on any atom is 0.307 e. The average Bonchev–Trinajstić information content (AvgIpc) is 2.38. The molecule has 21 heavy (non-hydrogen) atoms. The molecule has 0 amide bonds. The Labute approximate surface area is 129 Å². The zero-order chi connectivity index (χ0) is 15.4. The minimum absolute atomic E-state index is 0.0382. The summed E-state index contributed by atoms with van der Waals surface area (Å²) in [5.74, 6) is 0.0143. The first-order valence-corrected chi connectivity index (χ1v) is 7.02. The smallest absolute Gasteiger partial charge is 0.307 e. The maximum atomic E-state index is 10.6. The molecule has 0 aliphatic rings. The standard InChI is InChI=1S/C17H17ClO3/c1-11-7-15(18)8-12(2)17(11)21-10-14-5-3-13(4-6-14)9-16(19)20/h3-8H,9-10H2,1-2H3,(H,19,20). The number of aryl methyl sites for hydroxylation is 2. The van der Waals surface area contributed by atoms with Crippen LogP contribution in [0.5, 0.6) is 5.75 Å². The van der Waals surface area contributed by atoms with Crippen molar-refractivity contribution in [2.24, 2.45) is 0 Å². The topological polar surface area (TPSA) is 46.5 Å². The van der Waals surface area contributed by atoms with Crippen molar-refractivity contribution in [2.45, 2.75) is 26.9 Å². The van der Waals surface area contributed by atoms with Crippen LogP contribution in [0.1, 0.15) is 22.3 Å². The van der Waals surface area contributed by atoms with E-state index < -0.39 is 5.97 Å². The molecule has 3 nitrogen and oxygen atoms in total. The van der Waals surface area contributed by atoms with Gasteiger partial charge in [0.1, 0.15) is 12.4 Å². The Morgan fingerprint density at radius 2 is 1.62 bits per heavy atom. The van der Waals surface area contributed by atoms with Crippen molar-refractivity contribution >= 4 is 17.6 Å². The fourth-order valence-electron chi connectivity index (χ4n) is 2.21. The molecule has 0 saturated carbocycles. The molecule has 0 atom stereocenters. The predicted molar refractivity (Wildman–Crippen MR) is 83.0 cm³/mol. The first kappa shape index (κ1) is 15.4. The third-order valence-electron chi connectivity index (χ3n) is 3.19. The van der Waals surface area contributed by atoms with Gasteiger partial charge in [-0.1, -0.05) is 35.9 Å². The maximum absolute atomic E-state index is 10.6. The summed E-state index contributed by atoms with van der Waals surface area (Å²) in [5.41, 5.74) is 3.79. The molecule has 1 N–H and O–H groups in total. The van der Waals surface area contributed by atoms with Crippen LogP contribution < -0.4 is 4.74 Å². The number of hydrogen-bond donors (Lipinski definition) is 1. The van der Waals surface area contributed by atoms with Crippen molar-refractivity contribution in [1.82, 2.24) is 0 Å². The number of carboxylic acids is 1. The SMILES string of the molecule is Cc1cc(Cl)cc(C)c1OCc1ccc(CC(=O)O)cc1. The van der Waals surface area contributed by atoms with Gasteiger partial charge in [-0.2, -0.15) is 0 Å². The highest BCUT2D eigenvalue weighted by Gasteiger charge is 2.06. The fraction of sp³-hybridized carbons (Fsp3) is 0.235. The summed E-state index contributed by atoms with van der Waals surface area (Å²) in [6.45, 7) is 4.37. The minimum Gasteiger partial charge on any atom is -0.488 e. The van der Waals surface area contributed by atoms with Crippen LogP contribution in [0.25, 0.3) is 0 Å². The zero-order valence-electron chi connectivity index (χ0n) is 12.0. The molecule has 110 valence electrons. The molecule has 0 heterocycles. The highest BCUT2D eigenvalue weighted by molar-refractivity contribution is 6.30. The Morgan fingerprint density at radius 1 is 1.10 bits per heavy atom. The van der Waals surface area contributed by atoms with E-state index in [0.29, 0.717) is 11.6 Å². The number of benzene rings is 2. The van der Waals surface area contributed by atoms with E-state index in [4.69, 9.17) is 21.4 Å². The van der Waals surface area contributed by atoms with E-state index in [1.54, 1.807) is 0 Å². The van der Waals surface area contributed by atoms with Crippen molar-refractivity contribution in [3.8, 4) is 5.75 Å². The predicted octanol–water partition coefficient (Wildman–Crippen LogP) is 4.16. The monoisotopic (exact) mass is 304 g/mol. The normalized spacial score (nSPS) is 10.4. The Hall–Kier alpha value is -2.00. The lowest BCUT2D eigenvalue weighted by Gasteiger charge is -2.13. The van der Waals surface area contributed by atoms with Crippen LogP contribution in [-0.2, 0) is 17.8 Å². The van der Waals surface area contributed by atoms with Gasteiger partial charge in [0.25, 0.3) is 0 Å². The molecule has 0 aliphatic carbocycles. The third-order valence-corrected chi connectivity index (χ3v) is 3.40. The molecule has 0 spiro atoms. The fourth-order valence-corrected chi connectivity index (χ4v) is 2.54. The Kier molecular flexibility index (Phi) is 4.86. The summed E-state index contributed by atoms with van der Waals surface area (Å²) in [7, 11) is 0. The quantitative estimate of drug-likeness (QED) is 0.902. The highest BCUT2D eigenvalue weighted by atomic mass is 35.5. The molecule has 4 heteroatoms. The number of hydrogen-bond acceptors (Lipinski definition) is 2. The van der Waals surface area contributed by atoms with Crippen molar-refractivity contribution in [3.05, 3.63) is 63.7 Å². The van der Waals surface area contributed by atoms with Crippen LogP contribution in [0, 0.1) is 13.8 Å². The highest BCUT2D eigenvalue weighted by Crippen LogP contribution is 2.27. The van der Waals surface area contributed by atoms with Gasteiger partial charge in [0, 0.05) is 5.02 Å². The van der Waals surface area contributed by atoms with Crippen LogP contribution in [0.3, 0.4) is 0 Å². The lowest BCUT2D eigenvalue weighted by atomic mass is 10.1. The first-order chi connectivity index (χ1) is 9.95. The number of carboxylic acid groups (broad SMARTS) is 1. The average molecular weight is 305 g/mol. The van der Waals surface area contributed by atoms with Crippen LogP contribution >= 0.6 is 11.6 Å². The summed E-state index contributed by atoms with van der Waals surface area (Å²) in [6, 6.07) is 11.2. The lowest BCUT2D eigenvalue weighted by Crippen LogP contribution is -2.01. The molecule has 0 bridgehead atoms. The summed E-state index contributed by atoms with van der Waals surface area (Å²) < 4.78 is 5.85. The van der Waals surface area contributed by atoms with Crippen molar-refractivity contribution in [3.63, 3.8) is 0 Å². The van der Waals surface area contributed by atoms with E-state index in [-0.39, 0.29) is 6.42 Å². The van der Waals surface area contributed by atoms with Crippen molar-refractivity contribution < 1.29 is 14.6 Å². The molecular weight excluding hydrogens is 288 g/mol. The van der Waals surface area contributed by atoms with E-state index in [9.17, 15) is 4.79 Å². The molecule has 2 aromatic rings. The molecule has 0 aromatic heterocycles. The number of rotatable bonds is 5. The minimum atomic E-state index is -0.827. The second kappa shape index (κ2) is 6.64. The van der Waals surface area contributed by atoms with Gasteiger partial charge in [0.05, 0.1) is 6.42 Å². The van der Waals surface area contributed by atoms with Gasteiger partial charge < -0.3 is 9.84 Å². The van der Waals surface area contributed by atoms with Gasteiger partial charge in [0.2, 0.25) is 0 Å². The van der Waals surface area contributed by atoms with E-state index in [2.05, 4.69) is 0 Å². The second-order valence-corrected chi connectivity index (χ2v) is 5.48. The summed E-state index contributed by atoms with van der Waals surface area (Å²) in [4.78, 5) is 10.6. The Bertz CT molecular complexity index is 625. The number of carbonyl (C=O) groups is 1. The van der Waals surface area contributed by atoms with Crippen LogP contribution in [0.4, 0.5) is 0 Å².